The van der Waals surface area contributed by atoms with Crippen LogP contribution in [0.1, 0.15) is 11.1 Å². The van der Waals surface area contributed by atoms with Gasteiger partial charge in [0.05, 0.1) is 5.02 Å². The lowest BCUT2D eigenvalue weighted by atomic mass is 10.1. The maximum Gasteiger partial charge on any atom is 0.138 e. The summed E-state index contributed by atoms with van der Waals surface area (Å²) in [5.74, 6) is 0.173. The number of para-hydroxylation sites is 1. The monoisotopic (exact) mass is 261 g/mol. The molecule has 0 amide bonds. The highest BCUT2D eigenvalue weighted by molar-refractivity contribution is 6.32. The highest BCUT2D eigenvalue weighted by Gasteiger charge is 2.03. The van der Waals surface area contributed by atoms with Gasteiger partial charge in [0.1, 0.15) is 5.75 Å². The molecule has 2 aromatic carbocycles. The van der Waals surface area contributed by atoms with Crippen molar-refractivity contribution in [3.05, 3.63) is 64.7 Å². The van der Waals surface area contributed by atoms with Crippen molar-refractivity contribution in [3.8, 4) is 5.75 Å². The lowest BCUT2D eigenvalue weighted by Crippen LogP contribution is -2.16. The summed E-state index contributed by atoms with van der Waals surface area (Å²) in [7, 11) is 0. The number of nitrogens with one attached hydrogen (secondary N) is 1. The second-order valence-electron chi connectivity index (χ2n) is 4.16. The number of hydrogen-bond donors (Lipinski definition) is 2. The lowest BCUT2D eigenvalue weighted by molar-refractivity contribution is 0.465. The fraction of sp³-hybridized carbons (Fsp3) is 0.200. The summed E-state index contributed by atoms with van der Waals surface area (Å²) < 4.78 is 0. The van der Waals surface area contributed by atoms with E-state index in [2.05, 4.69) is 17.4 Å². The number of phenols is 1. The molecule has 2 N–H and O–H groups in total. The Morgan fingerprint density at radius 2 is 1.78 bits per heavy atom. The molecule has 18 heavy (non-hydrogen) atoms. The van der Waals surface area contributed by atoms with Gasteiger partial charge in [0.2, 0.25) is 0 Å². The molecular weight excluding hydrogens is 246 g/mol. The zero-order valence-electron chi connectivity index (χ0n) is 10.1. The summed E-state index contributed by atoms with van der Waals surface area (Å²) in [6.45, 7) is 1.50. The number of aromatic hydroxyl groups is 1. The van der Waals surface area contributed by atoms with Gasteiger partial charge >= 0.3 is 0 Å². The van der Waals surface area contributed by atoms with Gasteiger partial charge in [-0.3, -0.25) is 0 Å². The molecule has 0 aliphatic carbocycles. The second-order valence-corrected chi connectivity index (χ2v) is 4.57. The van der Waals surface area contributed by atoms with E-state index >= 15 is 0 Å². The Morgan fingerprint density at radius 1 is 1.00 bits per heavy atom. The van der Waals surface area contributed by atoms with E-state index in [1.54, 1.807) is 6.07 Å². The molecule has 0 aromatic heterocycles. The van der Waals surface area contributed by atoms with Gasteiger partial charge in [0, 0.05) is 12.1 Å². The van der Waals surface area contributed by atoms with Crippen LogP contribution >= 0.6 is 11.6 Å². The van der Waals surface area contributed by atoms with Crippen molar-refractivity contribution in [1.29, 1.82) is 0 Å². The molecule has 0 aliphatic rings. The van der Waals surface area contributed by atoms with Crippen LogP contribution in [0.3, 0.4) is 0 Å². The maximum absolute atomic E-state index is 9.74. The van der Waals surface area contributed by atoms with Crippen molar-refractivity contribution in [2.45, 2.75) is 13.0 Å². The van der Waals surface area contributed by atoms with E-state index in [0.717, 1.165) is 18.5 Å². The summed E-state index contributed by atoms with van der Waals surface area (Å²) in [5, 5.41) is 13.4. The molecule has 0 unspecified atom stereocenters. The molecule has 0 radical (unpaired) electrons. The van der Waals surface area contributed by atoms with E-state index in [-0.39, 0.29) is 5.75 Å². The van der Waals surface area contributed by atoms with E-state index in [1.807, 2.05) is 30.3 Å². The molecular formula is C15H16ClNO. The maximum atomic E-state index is 9.74. The molecule has 0 atom stereocenters. The minimum atomic E-state index is 0.173. The van der Waals surface area contributed by atoms with E-state index < -0.39 is 0 Å². The number of benzene rings is 2. The van der Waals surface area contributed by atoms with E-state index in [0.29, 0.717) is 11.6 Å². The first-order valence-electron chi connectivity index (χ1n) is 5.98. The first-order valence-corrected chi connectivity index (χ1v) is 6.36. The second kappa shape index (κ2) is 6.43. The Bertz CT molecular complexity index is 499. The quantitative estimate of drug-likeness (QED) is 0.809. The van der Waals surface area contributed by atoms with Crippen LogP contribution < -0.4 is 5.32 Å². The van der Waals surface area contributed by atoms with E-state index in [1.165, 1.54) is 5.56 Å². The van der Waals surface area contributed by atoms with E-state index in [9.17, 15) is 5.11 Å². The fourth-order valence-corrected chi connectivity index (χ4v) is 2.00. The Hall–Kier alpha value is -1.51. The third-order valence-corrected chi connectivity index (χ3v) is 3.12. The Morgan fingerprint density at radius 3 is 2.56 bits per heavy atom. The molecule has 94 valence electrons. The van der Waals surface area contributed by atoms with Crippen LogP contribution in [0.2, 0.25) is 5.02 Å². The first kappa shape index (κ1) is 12.9. The van der Waals surface area contributed by atoms with Crippen LogP contribution in [0.15, 0.2) is 48.5 Å². The molecule has 2 rings (SSSR count). The highest BCUT2D eigenvalue weighted by Crippen LogP contribution is 2.26. The van der Waals surface area contributed by atoms with Gasteiger partial charge in [-0.25, -0.2) is 0 Å². The van der Waals surface area contributed by atoms with Crippen molar-refractivity contribution in [1.82, 2.24) is 5.32 Å². The zero-order valence-corrected chi connectivity index (χ0v) is 10.8. The molecule has 0 saturated heterocycles. The molecule has 0 heterocycles. The number of halogens is 1. The van der Waals surface area contributed by atoms with Crippen LogP contribution in [0.25, 0.3) is 0 Å². The largest absolute Gasteiger partial charge is 0.506 e. The number of phenolic OH excluding ortho intramolecular Hbond substituents is 1. The summed E-state index contributed by atoms with van der Waals surface area (Å²) in [4.78, 5) is 0. The molecule has 0 aliphatic heterocycles. The summed E-state index contributed by atoms with van der Waals surface area (Å²) >= 11 is 5.84. The number of hydrogen-bond acceptors (Lipinski definition) is 2. The molecule has 2 aromatic rings. The van der Waals surface area contributed by atoms with E-state index in [4.69, 9.17) is 11.6 Å². The van der Waals surface area contributed by atoms with Crippen LogP contribution in [0.5, 0.6) is 5.75 Å². The normalized spacial score (nSPS) is 10.5. The van der Waals surface area contributed by atoms with Crippen LogP contribution in [-0.2, 0) is 13.0 Å². The predicted molar refractivity (Wildman–Crippen MR) is 75.0 cm³/mol. The van der Waals surface area contributed by atoms with Gasteiger partial charge in [-0.2, -0.15) is 0 Å². The van der Waals surface area contributed by atoms with Crippen molar-refractivity contribution in [3.63, 3.8) is 0 Å². The molecule has 3 heteroatoms. The van der Waals surface area contributed by atoms with Crippen molar-refractivity contribution in [2.24, 2.45) is 0 Å². The lowest BCUT2D eigenvalue weighted by Gasteiger charge is -2.07. The van der Waals surface area contributed by atoms with Gasteiger partial charge in [-0.15, -0.1) is 0 Å². The van der Waals surface area contributed by atoms with Crippen LogP contribution in [0, 0.1) is 0 Å². The van der Waals surface area contributed by atoms with Crippen molar-refractivity contribution < 1.29 is 5.11 Å². The Balaban J connectivity index is 1.81. The topological polar surface area (TPSA) is 32.3 Å². The molecule has 0 fully saturated rings. The van der Waals surface area contributed by atoms with Crippen molar-refractivity contribution >= 4 is 11.6 Å². The minimum Gasteiger partial charge on any atom is -0.506 e. The Kier molecular flexibility index (Phi) is 4.62. The fourth-order valence-electron chi connectivity index (χ4n) is 1.80. The molecule has 0 saturated carbocycles. The molecule has 0 spiro atoms. The minimum absolute atomic E-state index is 0.173. The summed E-state index contributed by atoms with van der Waals surface area (Å²) in [5.41, 5.74) is 2.14. The average molecular weight is 262 g/mol. The standard InChI is InChI=1S/C15H16ClNO/c16-14-8-4-7-13(15(14)18)11-17-10-9-12-5-2-1-3-6-12/h1-8,17-18H,9-11H2. The third-order valence-electron chi connectivity index (χ3n) is 2.82. The van der Waals surface area contributed by atoms with Crippen molar-refractivity contribution in [2.75, 3.05) is 6.54 Å². The number of rotatable bonds is 5. The van der Waals surface area contributed by atoms with Gasteiger partial charge < -0.3 is 10.4 Å². The van der Waals surface area contributed by atoms with Gasteiger partial charge in [0.25, 0.3) is 0 Å². The first-order chi connectivity index (χ1) is 8.77. The van der Waals surface area contributed by atoms with Gasteiger partial charge in [0.15, 0.2) is 0 Å². The highest BCUT2D eigenvalue weighted by atomic mass is 35.5. The molecule has 2 nitrogen and oxygen atoms in total. The Labute approximate surface area is 112 Å². The zero-order chi connectivity index (χ0) is 12.8. The average Bonchev–Trinajstić information content (AvgIpc) is 2.40. The molecule has 0 bridgehead atoms. The third kappa shape index (κ3) is 3.49. The van der Waals surface area contributed by atoms with Crippen LogP contribution in [-0.4, -0.2) is 11.7 Å². The summed E-state index contributed by atoms with van der Waals surface area (Å²) in [6.07, 6.45) is 0.974. The SMILES string of the molecule is Oc1c(Cl)cccc1CNCCc1ccccc1. The predicted octanol–water partition coefficient (Wildman–Crippen LogP) is 3.38. The van der Waals surface area contributed by atoms with Gasteiger partial charge in [-0.05, 0) is 24.6 Å². The summed E-state index contributed by atoms with van der Waals surface area (Å²) in [6, 6.07) is 15.7. The van der Waals surface area contributed by atoms with Crippen LogP contribution in [0.4, 0.5) is 0 Å². The van der Waals surface area contributed by atoms with Gasteiger partial charge in [-0.1, -0.05) is 54.1 Å². The smallest absolute Gasteiger partial charge is 0.138 e.